The maximum Gasteiger partial charge on any atom is 0.219 e. The highest BCUT2D eigenvalue weighted by molar-refractivity contribution is 4.61. The summed E-state index contributed by atoms with van der Waals surface area (Å²) in [5.74, 6) is 0. The van der Waals surface area contributed by atoms with Crippen molar-refractivity contribution in [2.24, 2.45) is 0 Å². The molecule has 0 spiro atoms. The Morgan fingerprint density at radius 3 is 2.14 bits per heavy atom. The first-order chi connectivity index (χ1) is 6.49. The predicted molar refractivity (Wildman–Crippen MR) is 51.4 cm³/mol. The molecule has 0 bridgehead atoms. The second kappa shape index (κ2) is 6.28. The summed E-state index contributed by atoms with van der Waals surface area (Å²) in [7, 11) is 0. The number of nitrogens with zero attached hydrogens (tertiary/aromatic N) is 2. The summed E-state index contributed by atoms with van der Waals surface area (Å²) in [6.07, 6.45) is 2.08. The molecule has 0 heterocycles. The van der Waals surface area contributed by atoms with E-state index >= 15 is 0 Å². The topological polar surface area (TPSA) is 86.3 Å². The monoisotopic (exact) mass is 204 g/mol. The molecule has 6 nitrogen and oxygen atoms in total. The second-order valence-electron chi connectivity index (χ2n) is 3.45. The minimum absolute atomic E-state index is 0.0278. The van der Waals surface area contributed by atoms with E-state index in [1.54, 1.807) is 0 Å². The summed E-state index contributed by atoms with van der Waals surface area (Å²) < 4.78 is 0. The summed E-state index contributed by atoms with van der Waals surface area (Å²) in [5.41, 5.74) is 0. The number of unbranched alkanes of at least 4 members (excludes halogenated alkanes) is 1. The van der Waals surface area contributed by atoms with Crippen LogP contribution in [0.3, 0.4) is 0 Å². The molecule has 0 fully saturated rings. The van der Waals surface area contributed by atoms with E-state index in [1.165, 1.54) is 6.92 Å². The van der Waals surface area contributed by atoms with Gasteiger partial charge in [-0.15, -0.1) is 0 Å². The van der Waals surface area contributed by atoms with Crippen LogP contribution in [-0.4, -0.2) is 21.9 Å². The smallest absolute Gasteiger partial charge is 0.219 e. The molecule has 0 aliphatic carbocycles. The molecule has 0 radical (unpaired) electrons. The number of rotatable bonds is 7. The summed E-state index contributed by atoms with van der Waals surface area (Å²) in [5, 5.41) is 20.9. The van der Waals surface area contributed by atoms with E-state index in [0.29, 0.717) is 6.42 Å². The molecule has 2 unspecified atom stereocenters. The lowest BCUT2D eigenvalue weighted by Gasteiger charge is -2.09. The molecule has 0 aromatic carbocycles. The van der Waals surface area contributed by atoms with Crippen molar-refractivity contribution < 1.29 is 9.85 Å². The summed E-state index contributed by atoms with van der Waals surface area (Å²) >= 11 is 0. The Morgan fingerprint density at radius 1 is 1.21 bits per heavy atom. The van der Waals surface area contributed by atoms with Gasteiger partial charge in [0.05, 0.1) is 6.42 Å². The molecule has 2 atom stereocenters. The van der Waals surface area contributed by atoms with Gasteiger partial charge in [0.1, 0.15) is 0 Å². The van der Waals surface area contributed by atoms with Crippen LogP contribution in [0.25, 0.3) is 0 Å². The highest BCUT2D eigenvalue weighted by Gasteiger charge is 2.27. The third-order valence-electron chi connectivity index (χ3n) is 2.16. The normalized spacial score (nSPS) is 14.7. The van der Waals surface area contributed by atoms with Gasteiger partial charge in [-0.25, -0.2) is 0 Å². The van der Waals surface area contributed by atoms with E-state index < -0.39 is 21.9 Å². The Kier molecular flexibility index (Phi) is 5.74. The molecule has 0 aromatic rings. The van der Waals surface area contributed by atoms with Crippen LogP contribution < -0.4 is 0 Å². The van der Waals surface area contributed by atoms with Gasteiger partial charge in [0.25, 0.3) is 0 Å². The zero-order valence-electron chi connectivity index (χ0n) is 8.51. The molecule has 0 aromatic heterocycles. The highest BCUT2D eigenvalue weighted by Crippen LogP contribution is 2.11. The van der Waals surface area contributed by atoms with Crippen LogP contribution in [0.4, 0.5) is 0 Å². The zero-order valence-corrected chi connectivity index (χ0v) is 8.51. The van der Waals surface area contributed by atoms with Gasteiger partial charge < -0.3 is 0 Å². The molecule has 0 amide bonds. The van der Waals surface area contributed by atoms with Crippen LogP contribution in [0, 0.1) is 20.2 Å². The minimum Gasteiger partial charge on any atom is -0.264 e. The Bertz CT molecular complexity index is 208. The lowest BCUT2D eigenvalue weighted by molar-refractivity contribution is -0.558. The summed E-state index contributed by atoms with van der Waals surface area (Å²) in [4.78, 5) is 20.0. The van der Waals surface area contributed by atoms with E-state index in [-0.39, 0.29) is 6.42 Å². The summed E-state index contributed by atoms with van der Waals surface area (Å²) in [6, 6.07) is -1.60. The fourth-order valence-electron chi connectivity index (χ4n) is 1.23. The van der Waals surface area contributed by atoms with Gasteiger partial charge in [0.2, 0.25) is 12.1 Å². The van der Waals surface area contributed by atoms with E-state index in [1.807, 2.05) is 6.92 Å². The van der Waals surface area contributed by atoms with E-state index in [2.05, 4.69) is 0 Å². The van der Waals surface area contributed by atoms with Crippen molar-refractivity contribution in [1.29, 1.82) is 0 Å². The summed E-state index contributed by atoms with van der Waals surface area (Å²) in [6.45, 7) is 3.34. The standard InChI is InChI=1S/C8H16N2O4/c1-3-4-5-8(10(13)14)6-7(2)9(11)12/h7-8H,3-6H2,1-2H3. The van der Waals surface area contributed by atoms with Gasteiger partial charge in [0.15, 0.2) is 0 Å². The Balaban J connectivity index is 4.08. The van der Waals surface area contributed by atoms with Crippen molar-refractivity contribution in [3.63, 3.8) is 0 Å². The van der Waals surface area contributed by atoms with Gasteiger partial charge in [0, 0.05) is 23.2 Å². The van der Waals surface area contributed by atoms with Crippen LogP contribution in [0.1, 0.15) is 39.5 Å². The molecule has 82 valence electrons. The Morgan fingerprint density at radius 2 is 1.79 bits per heavy atom. The molecule has 6 heteroatoms. The Labute approximate surface area is 82.6 Å². The second-order valence-corrected chi connectivity index (χ2v) is 3.45. The van der Waals surface area contributed by atoms with Gasteiger partial charge in [-0.2, -0.15) is 0 Å². The fraction of sp³-hybridized carbons (Fsp3) is 1.00. The van der Waals surface area contributed by atoms with Crippen LogP contribution >= 0.6 is 0 Å². The van der Waals surface area contributed by atoms with Gasteiger partial charge in [-0.05, 0) is 6.42 Å². The molecular weight excluding hydrogens is 188 g/mol. The largest absolute Gasteiger partial charge is 0.264 e. The predicted octanol–water partition coefficient (Wildman–Crippen LogP) is 1.88. The quantitative estimate of drug-likeness (QED) is 0.468. The molecular formula is C8H16N2O4. The zero-order chi connectivity index (χ0) is 11.1. The third-order valence-corrected chi connectivity index (χ3v) is 2.16. The van der Waals surface area contributed by atoms with Crippen molar-refractivity contribution >= 4 is 0 Å². The number of hydrogen-bond acceptors (Lipinski definition) is 4. The maximum absolute atomic E-state index is 10.5. The van der Waals surface area contributed by atoms with Crippen molar-refractivity contribution in [2.45, 2.75) is 51.6 Å². The van der Waals surface area contributed by atoms with Gasteiger partial charge in [-0.3, -0.25) is 20.2 Å². The van der Waals surface area contributed by atoms with E-state index in [4.69, 9.17) is 0 Å². The van der Waals surface area contributed by atoms with Crippen molar-refractivity contribution in [1.82, 2.24) is 0 Å². The van der Waals surface area contributed by atoms with Crippen LogP contribution in [0.15, 0.2) is 0 Å². The average molecular weight is 204 g/mol. The van der Waals surface area contributed by atoms with Crippen LogP contribution in [-0.2, 0) is 0 Å². The van der Waals surface area contributed by atoms with Gasteiger partial charge in [-0.1, -0.05) is 13.3 Å². The fourth-order valence-corrected chi connectivity index (χ4v) is 1.23. The van der Waals surface area contributed by atoms with Gasteiger partial charge >= 0.3 is 0 Å². The van der Waals surface area contributed by atoms with Crippen molar-refractivity contribution in [3.05, 3.63) is 20.2 Å². The lowest BCUT2D eigenvalue weighted by Crippen LogP contribution is -2.28. The first-order valence-electron chi connectivity index (χ1n) is 4.76. The number of nitro groups is 2. The molecule has 0 N–H and O–H groups in total. The SMILES string of the molecule is CCCCC(CC(C)[N+](=O)[O-])[N+](=O)[O-]. The van der Waals surface area contributed by atoms with Crippen LogP contribution in [0.2, 0.25) is 0 Å². The minimum atomic E-state index is -0.831. The Hall–Kier alpha value is -1.20. The first kappa shape index (κ1) is 12.8. The van der Waals surface area contributed by atoms with E-state index in [0.717, 1.165) is 12.8 Å². The highest BCUT2D eigenvalue weighted by atomic mass is 16.6. The average Bonchev–Trinajstić information content (AvgIpc) is 2.10. The molecule has 0 rings (SSSR count). The molecule has 0 aliphatic heterocycles. The first-order valence-corrected chi connectivity index (χ1v) is 4.76. The molecule has 14 heavy (non-hydrogen) atoms. The number of hydrogen-bond donors (Lipinski definition) is 0. The van der Waals surface area contributed by atoms with Crippen molar-refractivity contribution in [2.75, 3.05) is 0 Å². The molecule has 0 aliphatic rings. The van der Waals surface area contributed by atoms with Crippen molar-refractivity contribution in [3.8, 4) is 0 Å². The maximum atomic E-state index is 10.5. The van der Waals surface area contributed by atoms with Crippen LogP contribution in [0.5, 0.6) is 0 Å². The molecule has 0 saturated heterocycles. The molecule has 0 saturated carbocycles. The van der Waals surface area contributed by atoms with E-state index in [9.17, 15) is 20.2 Å². The lowest BCUT2D eigenvalue weighted by atomic mass is 10.0. The third kappa shape index (κ3) is 4.74.